The van der Waals surface area contributed by atoms with E-state index in [1.54, 1.807) is 11.0 Å². The maximum Gasteiger partial charge on any atom is 0.236 e. The highest BCUT2D eigenvalue weighted by Crippen LogP contribution is 2.42. The van der Waals surface area contributed by atoms with E-state index in [1.165, 1.54) is 0 Å². The van der Waals surface area contributed by atoms with E-state index in [2.05, 4.69) is 51.0 Å². The summed E-state index contributed by atoms with van der Waals surface area (Å²) in [5.74, 6) is 1.65. The number of hydrogen-bond donors (Lipinski definition) is 0. The second-order valence-electron chi connectivity index (χ2n) is 13.7. The van der Waals surface area contributed by atoms with E-state index in [-0.39, 0.29) is 17.9 Å². The number of aliphatic imine (C=N–C) groups is 1. The summed E-state index contributed by atoms with van der Waals surface area (Å²) < 4.78 is 3.62. The van der Waals surface area contributed by atoms with Crippen molar-refractivity contribution in [3.8, 4) is 11.4 Å². The molecule has 248 valence electrons. The summed E-state index contributed by atoms with van der Waals surface area (Å²) in [5, 5.41) is 8.87. The van der Waals surface area contributed by atoms with Crippen molar-refractivity contribution in [2.75, 3.05) is 62.2 Å². The Balaban J connectivity index is 0.863. The second kappa shape index (κ2) is 12.0. The summed E-state index contributed by atoms with van der Waals surface area (Å²) in [6.45, 7) is 10.0. The van der Waals surface area contributed by atoms with Crippen molar-refractivity contribution in [3.05, 3.63) is 71.9 Å². The lowest BCUT2D eigenvalue weighted by atomic mass is 9.85. The van der Waals surface area contributed by atoms with Crippen molar-refractivity contribution in [2.24, 2.45) is 17.5 Å². The van der Waals surface area contributed by atoms with Crippen LogP contribution in [0.2, 0.25) is 0 Å². The molecule has 0 bridgehead atoms. The third kappa shape index (κ3) is 5.45. The average Bonchev–Trinajstić information content (AvgIpc) is 3.94. The Labute approximate surface area is 279 Å². The van der Waals surface area contributed by atoms with Gasteiger partial charge in [0.15, 0.2) is 5.82 Å². The van der Waals surface area contributed by atoms with Crippen LogP contribution in [0.3, 0.4) is 0 Å². The number of carbonyl (C=O) groups excluding carboxylic acids is 2. The highest BCUT2D eigenvalue weighted by atomic mass is 16.2. The Morgan fingerprint density at radius 3 is 2.48 bits per heavy atom. The molecule has 3 saturated heterocycles. The molecule has 13 nitrogen and oxygen atoms in total. The molecule has 0 radical (unpaired) electrons. The van der Waals surface area contributed by atoms with Gasteiger partial charge in [0.1, 0.15) is 12.1 Å². The lowest BCUT2D eigenvalue weighted by molar-refractivity contribution is -0.133. The molecule has 1 spiro atoms. The third-order valence-electron chi connectivity index (χ3n) is 10.3. The third-order valence-corrected chi connectivity index (χ3v) is 10.3. The quantitative estimate of drug-likeness (QED) is 0.301. The van der Waals surface area contributed by atoms with E-state index in [1.807, 2.05) is 58.2 Å². The molecule has 3 fully saturated rings. The smallest absolute Gasteiger partial charge is 0.236 e. The number of carbonyl (C=O) groups is 2. The van der Waals surface area contributed by atoms with Crippen molar-refractivity contribution in [1.82, 2.24) is 39.3 Å². The second-order valence-corrected chi connectivity index (χ2v) is 13.7. The zero-order chi connectivity index (χ0) is 33.0. The number of aryl methyl sites for hydroxylation is 1. The first kappa shape index (κ1) is 30.4. The Morgan fingerprint density at radius 1 is 0.958 bits per heavy atom. The van der Waals surface area contributed by atoms with Gasteiger partial charge in [-0.15, -0.1) is 0 Å². The molecular weight excluding hydrogens is 606 g/mol. The van der Waals surface area contributed by atoms with E-state index in [9.17, 15) is 9.59 Å². The average molecular weight is 648 g/mol. The molecular formula is C35H41N11O2. The molecule has 2 amide bonds. The predicted octanol–water partition coefficient (Wildman–Crippen LogP) is 2.78. The van der Waals surface area contributed by atoms with Crippen molar-refractivity contribution in [3.63, 3.8) is 0 Å². The van der Waals surface area contributed by atoms with Crippen LogP contribution in [0.25, 0.3) is 11.4 Å². The van der Waals surface area contributed by atoms with Crippen molar-refractivity contribution in [1.29, 1.82) is 0 Å². The van der Waals surface area contributed by atoms with Gasteiger partial charge in [0.05, 0.1) is 36.1 Å². The van der Waals surface area contributed by atoms with Gasteiger partial charge in [0.25, 0.3) is 0 Å². The van der Waals surface area contributed by atoms with E-state index >= 15 is 0 Å². The molecule has 1 atom stereocenters. The van der Waals surface area contributed by atoms with E-state index in [0.29, 0.717) is 50.9 Å². The Bertz CT molecular complexity index is 1890. The fourth-order valence-electron chi connectivity index (χ4n) is 7.48. The summed E-state index contributed by atoms with van der Waals surface area (Å²) in [7, 11) is 1.86. The Hall–Kier alpha value is -4.91. The SMILES string of the molecule is CC(C)n1cc(C2=NCc3ccc(N4CC[C@]5(CCN(CC(=O)N6CCN(c7ccc(-c8ncn(C)n8)cc7)CC6)C5)C4=O)nc32)cn1. The van der Waals surface area contributed by atoms with E-state index in [0.717, 1.165) is 66.3 Å². The van der Waals surface area contributed by atoms with Gasteiger partial charge >= 0.3 is 0 Å². The number of aromatic nitrogens is 6. The molecule has 0 saturated carbocycles. The van der Waals surface area contributed by atoms with Crippen LogP contribution < -0.4 is 9.80 Å². The maximum absolute atomic E-state index is 14.0. The minimum absolute atomic E-state index is 0.118. The summed E-state index contributed by atoms with van der Waals surface area (Å²) in [6, 6.07) is 12.6. The number of fused-ring (bicyclic) bond motifs is 1. The fourth-order valence-corrected chi connectivity index (χ4v) is 7.48. The van der Waals surface area contributed by atoms with Crippen molar-refractivity contribution >= 4 is 29.0 Å². The van der Waals surface area contributed by atoms with Gasteiger partial charge in [0.2, 0.25) is 11.8 Å². The van der Waals surface area contributed by atoms with Gasteiger partial charge in [-0.2, -0.15) is 10.2 Å². The van der Waals surface area contributed by atoms with E-state index in [4.69, 9.17) is 9.98 Å². The first-order valence-electron chi connectivity index (χ1n) is 16.9. The largest absolute Gasteiger partial charge is 0.368 e. The van der Waals surface area contributed by atoms with Crippen LogP contribution in [0.5, 0.6) is 0 Å². The summed E-state index contributed by atoms with van der Waals surface area (Å²) in [4.78, 5) is 49.7. The molecule has 13 heteroatoms. The minimum atomic E-state index is -0.466. The number of rotatable bonds is 7. The Morgan fingerprint density at radius 2 is 1.75 bits per heavy atom. The highest BCUT2D eigenvalue weighted by molar-refractivity contribution is 6.14. The monoisotopic (exact) mass is 647 g/mol. The van der Waals surface area contributed by atoms with Gasteiger partial charge in [-0.1, -0.05) is 6.07 Å². The molecule has 0 unspecified atom stereocenters. The van der Waals surface area contributed by atoms with Crippen LogP contribution in [0, 0.1) is 5.41 Å². The molecule has 4 aliphatic rings. The van der Waals surface area contributed by atoms with Gasteiger partial charge in [0, 0.05) is 80.9 Å². The van der Waals surface area contributed by atoms with Gasteiger partial charge in [-0.05, 0) is 63.6 Å². The van der Waals surface area contributed by atoms with Gasteiger partial charge < -0.3 is 9.80 Å². The molecule has 7 heterocycles. The number of piperazine rings is 1. The molecule has 1 aromatic carbocycles. The Kier molecular flexibility index (Phi) is 7.58. The van der Waals surface area contributed by atoms with Crippen molar-refractivity contribution < 1.29 is 9.59 Å². The first-order valence-corrected chi connectivity index (χ1v) is 16.9. The highest BCUT2D eigenvalue weighted by Gasteiger charge is 2.51. The summed E-state index contributed by atoms with van der Waals surface area (Å²) in [5.41, 5.74) is 5.34. The van der Waals surface area contributed by atoms with Crippen LogP contribution in [-0.4, -0.2) is 109 Å². The normalized spacial score (nSPS) is 21.2. The first-order chi connectivity index (χ1) is 23.3. The number of nitrogens with zero attached hydrogens (tertiary/aromatic N) is 11. The molecule has 0 aliphatic carbocycles. The molecule has 4 aliphatic heterocycles. The standard InChI is InChI=1S/C35H41N11O2/c1-24(2)46-20-27(19-38-46)31-32-26(18-36-31)6-9-29(39-32)45-13-11-35(34(45)48)10-12-42(22-35)21-30(47)44-16-14-43(15-17-44)28-7-4-25(5-8-28)33-37-23-41(3)40-33/h4-9,19-20,23-24H,10-18,21-22H2,1-3H3/t35-/m0/s1. The van der Waals surface area contributed by atoms with Crippen LogP contribution in [0.1, 0.15) is 49.6 Å². The summed E-state index contributed by atoms with van der Waals surface area (Å²) >= 11 is 0. The number of pyridine rings is 1. The maximum atomic E-state index is 14.0. The lowest BCUT2D eigenvalue weighted by Crippen LogP contribution is -2.51. The van der Waals surface area contributed by atoms with Crippen LogP contribution in [0.15, 0.2) is 60.1 Å². The zero-order valence-corrected chi connectivity index (χ0v) is 27.8. The number of amides is 2. The fraction of sp³-hybridized carbons (Fsp3) is 0.457. The van der Waals surface area contributed by atoms with Crippen LogP contribution in [0.4, 0.5) is 11.5 Å². The van der Waals surface area contributed by atoms with E-state index < -0.39 is 5.41 Å². The van der Waals surface area contributed by atoms with Gasteiger partial charge in [-0.25, -0.2) is 9.97 Å². The number of benzene rings is 1. The van der Waals surface area contributed by atoms with Crippen LogP contribution in [-0.2, 0) is 23.2 Å². The lowest BCUT2D eigenvalue weighted by Gasteiger charge is -2.37. The molecule has 3 aromatic heterocycles. The molecule has 8 rings (SSSR count). The predicted molar refractivity (Wildman–Crippen MR) is 182 cm³/mol. The molecule has 48 heavy (non-hydrogen) atoms. The topological polar surface area (TPSA) is 121 Å². The van der Waals surface area contributed by atoms with Gasteiger partial charge in [-0.3, -0.25) is 33.7 Å². The molecule has 4 aromatic rings. The summed E-state index contributed by atoms with van der Waals surface area (Å²) in [6.07, 6.45) is 7.08. The minimum Gasteiger partial charge on any atom is -0.368 e. The molecule has 0 N–H and O–H groups in total. The van der Waals surface area contributed by atoms with Crippen LogP contribution >= 0.6 is 0 Å². The number of anilines is 2. The zero-order valence-electron chi connectivity index (χ0n) is 27.8. The van der Waals surface area contributed by atoms with Crippen molar-refractivity contribution in [2.45, 2.75) is 39.3 Å². The number of hydrogen-bond acceptors (Lipinski definition) is 9. The number of likely N-dealkylation sites (tertiary alicyclic amines) is 1.